The highest BCUT2D eigenvalue weighted by Gasteiger charge is 2.04. The minimum absolute atomic E-state index is 0. The van der Waals surface area contributed by atoms with Gasteiger partial charge in [-0.1, -0.05) is 18.2 Å². The lowest BCUT2D eigenvalue weighted by molar-refractivity contribution is -0.121. The van der Waals surface area contributed by atoms with Crippen molar-refractivity contribution in [3.8, 4) is 0 Å². The Morgan fingerprint density at radius 3 is 2.68 bits per heavy atom. The van der Waals surface area contributed by atoms with Gasteiger partial charge in [0.2, 0.25) is 5.91 Å². The molecule has 7 heteroatoms. The van der Waals surface area contributed by atoms with Crippen LogP contribution in [0.5, 0.6) is 0 Å². The van der Waals surface area contributed by atoms with Crippen LogP contribution in [-0.2, 0) is 17.8 Å². The van der Waals surface area contributed by atoms with Crippen molar-refractivity contribution >= 4 is 36.4 Å². The van der Waals surface area contributed by atoms with E-state index in [0.29, 0.717) is 19.4 Å². The van der Waals surface area contributed by atoms with Gasteiger partial charge < -0.3 is 15.6 Å². The first-order chi connectivity index (χ1) is 9.66. The summed E-state index contributed by atoms with van der Waals surface area (Å²) in [6.45, 7) is 3.30. The summed E-state index contributed by atoms with van der Waals surface area (Å²) in [5.74, 6) is 1.00. The van der Waals surface area contributed by atoms with E-state index in [0.717, 1.165) is 23.6 Å². The molecule has 0 aliphatic carbocycles. The molecule has 0 bridgehead atoms. The Morgan fingerprint density at radius 1 is 1.32 bits per heavy atom. The summed E-state index contributed by atoms with van der Waals surface area (Å²) >= 11 is 0. The molecule has 0 radical (unpaired) electrons. The molecule has 2 rings (SSSR count). The van der Waals surface area contributed by atoms with Crippen LogP contribution in [0.2, 0.25) is 0 Å². The maximum absolute atomic E-state index is 11.8. The third-order valence-electron chi connectivity index (χ3n) is 3.28. The highest BCUT2D eigenvalue weighted by molar-refractivity contribution is 5.85. The number of nitrogen functional groups attached to an aromatic ring is 1. The molecular formula is C15H22Cl2N4O. The zero-order valence-electron chi connectivity index (χ0n) is 12.5. The second-order valence-corrected chi connectivity index (χ2v) is 4.72. The lowest BCUT2D eigenvalue weighted by atomic mass is 10.1. The average Bonchev–Trinajstić information content (AvgIpc) is 2.84. The normalized spacial score (nSPS) is 9.50. The number of para-hydroxylation sites is 1. The topological polar surface area (TPSA) is 72.9 Å². The average molecular weight is 345 g/mol. The molecule has 0 unspecified atom stereocenters. The van der Waals surface area contributed by atoms with Crippen molar-refractivity contribution in [2.75, 3.05) is 12.3 Å². The van der Waals surface area contributed by atoms with Gasteiger partial charge in [0.15, 0.2) is 0 Å². The van der Waals surface area contributed by atoms with Gasteiger partial charge in [-0.3, -0.25) is 4.79 Å². The number of carbonyl (C=O) groups excluding carboxylic acids is 1. The van der Waals surface area contributed by atoms with Crippen LogP contribution in [-0.4, -0.2) is 22.0 Å². The van der Waals surface area contributed by atoms with E-state index in [1.807, 2.05) is 42.0 Å². The molecule has 0 atom stereocenters. The maximum atomic E-state index is 11.8. The fourth-order valence-corrected chi connectivity index (χ4v) is 2.05. The van der Waals surface area contributed by atoms with E-state index in [2.05, 4.69) is 10.3 Å². The number of aromatic nitrogens is 2. The predicted octanol–water partition coefficient (Wildman–Crippen LogP) is 2.37. The standard InChI is InChI=1S/C15H20N4O.2ClH/c1-12-17-8-10-19(12)11-9-18-15(20)7-6-13-4-2-3-5-14(13)16;;/h2-5,8,10H,6-7,9,11,16H2,1H3,(H,18,20);2*1H. The number of imidazole rings is 1. The lowest BCUT2D eigenvalue weighted by Crippen LogP contribution is -2.27. The molecule has 0 aliphatic heterocycles. The number of anilines is 1. The molecule has 0 spiro atoms. The van der Waals surface area contributed by atoms with Crippen LogP contribution >= 0.6 is 24.8 Å². The molecule has 1 aromatic carbocycles. The van der Waals surface area contributed by atoms with Crippen LogP contribution in [0, 0.1) is 6.92 Å². The molecule has 0 saturated heterocycles. The molecule has 2 aromatic rings. The maximum Gasteiger partial charge on any atom is 0.220 e. The van der Waals surface area contributed by atoms with Gasteiger partial charge in [-0.05, 0) is 25.0 Å². The Hall–Kier alpha value is -1.72. The number of halogens is 2. The summed E-state index contributed by atoms with van der Waals surface area (Å²) in [6.07, 6.45) is 4.79. The summed E-state index contributed by atoms with van der Waals surface area (Å²) < 4.78 is 2.01. The number of hydrogen-bond acceptors (Lipinski definition) is 3. The second-order valence-electron chi connectivity index (χ2n) is 4.72. The molecule has 1 heterocycles. The number of rotatable bonds is 6. The van der Waals surface area contributed by atoms with E-state index >= 15 is 0 Å². The molecule has 122 valence electrons. The van der Waals surface area contributed by atoms with Gasteiger partial charge in [-0.2, -0.15) is 0 Å². The van der Waals surface area contributed by atoms with Crippen LogP contribution < -0.4 is 11.1 Å². The van der Waals surface area contributed by atoms with Gasteiger partial charge in [-0.25, -0.2) is 4.98 Å². The van der Waals surface area contributed by atoms with E-state index in [1.54, 1.807) is 6.20 Å². The van der Waals surface area contributed by atoms with E-state index < -0.39 is 0 Å². The van der Waals surface area contributed by atoms with Crippen LogP contribution in [0.25, 0.3) is 0 Å². The number of amides is 1. The molecule has 0 fully saturated rings. The first-order valence-corrected chi connectivity index (χ1v) is 6.74. The minimum atomic E-state index is 0. The highest BCUT2D eigenvalue weighted by Crippen LogP contribution is 2.12. The second kappa shape index (κ2) is 10.1. The van der Waals surface area contributed by atoms with E-state index in [-0.39, 0.29) is 30.7 Å². The smallest absolute Gasteiger partial charge is 0.220 e. The summed E-state index contributed by atoms with van der Waals surface area (Å²) in [5, 5.41) is 2.91. The van der Waals surface area contributed by atoms with Gasteiger partial charge in [-0.15, -0.1) is 24.8 Å². The van der Waals surface area contributed by atoms with Gasteiger partial charge in [0.1, 0.15) is 5.82 Å². The molecule has 1 aromatic heterocycles. The first kappa shape index (κ1) is 20.3. The van der Waals surface area contributed by atoms with E-state index in [9.17, 15) is 4.79 Å². The molecule has 0 aliphatic rings. The SMILES string of the molecule is Cc1nccn1CCNC(=O)CCc1ccccc1N.Cl.Cl. The zero-order valence-corrected chi connectivity index (χ0v) is 14.1. The first-order valence-electron chi connectivity index (χ1n) is 6.74. The fraction of sp³-hybridized carbons (Fsp3) is 0.333. The van der Waals surface area contributed by atoms with Gasteiger partial charge in [0, 0.05) is 37.6 Å². The van der Waals surface area contributed by atoms with Crippen molar-refractivity contribution in [3.63, 3.8) is 0 Å². The van der Waals surface area contributed by atoms with Crippen LogP contribution in [0.4, 0.5) is 5.69 Å². The molecule has 1 amide bonds. The minimum Gasteiger partial charge on any atom is -0.399 e. The van der Waals surface area contributed by atoms with Crippen LogP contribution in [0.15, 0.2) is 36.7 Å². The summed E-state index contributed by atoms with van der Waals surface area (Å²) in [5.41, 5.74) is 7.61. The Morgan fingerprint density at radius 2 is 2.05 bits per heavy atom. The predicted molar refractivity (Wildman–Crippen MR) is 93.6 cm³/mol. The molecular weight excluding hydrogens is 323 g/mol. The van der Waals surface area contributed by atoms with Crippen molar-refractivity contribution in [3.05, 3.63) is 48.0 Å². The van der Waals surface area contributed by atoms with Crippen LogP contribution in [0.1, 0.15) is 17.8 Å². The largest absolute Gasteiger partial charge is 0.399 e. The van der Waals surface area contributed by atoms with Gasteiger partial charge in [0.05, 0.1) is 0 Å². The Bertz CT molecular complexity index is 586. The third-order valence-corrected chi connectivity index (χ3v) is 3.28. The Labute approximate surface area is 143 Å². The zero-order chi connectivity index (χ0) is 14.4. The number of carbonyl (C=O) groups is 1. The molecule has 22 heavy (non-hydrogen) atoms. The van der Waals surface area contributed by atoms with Crippen molar-refractivity contribution in [2.24, 2.45) is 0 Å². The highest BCUT2D eigenvalue weighted by atomic mass is 35.5. The Kier molecular flexibility index (Phi) is 9.29. The number of nitrogens with one attached hydrogen (secondary N) is 1. The molecule has 5 nitrogen and oxygen atoms in total. The number of benzene rings is 1. The Balaban J connectivity index is 0.00000220. The molecule has 3 N–H and O–H groups in total. The quantitative estimate of drug-likeness (QED) is 0.790. The summed E-state index contributed by atoms with van der Waals surface area (Å²) in [7, 11) is 0. The fourth-order valence-electron chi connectivity index (χ4n) is 2.05. The van der Waals surface area contributed by atoms with E-state index in [1.165, 1.54) is 0 Å². The number of nitrogens with zero attached hydrogens (tertiary/aromatic N) is 2. The van der Waals surface area contributed by atoms with Crippen molar-refractivity contribution < 1.29 is 4.79 Å². The number of hydrogen-bond donors (Lipinski definition) is 2. The van der Waals surface area contributed by atoms with Crippen molar-refractivity contribution in [2.45, 2.75) is 26.3 Å². The van der Waals surface area contributed by atoms with Gasteiger partial charge in [0.25, 0.3) is 0 Å². The molecule has 0 saturated carbocycles. The van der Waals surface area contributed by atoms with E-state index in [4.69, 9.17) is 5.73 Å². The summed E-state index contributed by atoms with van der Waals surface area (Å²) in [4.78, 5) is 15.9. The third kappa shape index (κ3) is 5.95. The van der Waals surface area contributed by atoms with Crippen LogP contribution in [0.3, 0.4) is 0 Å². The number of nitrogens with two attached hydrogens (primary N) is 1. The van der Waals surface area contributed by atoms with Crippen molar-refractivity contribution in [1.29, 1.82) is 0 Å². The van der Waals surface area contributed by atoms with Crippen molar-refractivity contribution in [1.82, 2.24) is 14.9 Å². The monoisotopic (exact) mass is 344 g/mol. The van der Waals surface area contributed by atoms with Gasteiger partial charge >= 0.3 is 0 Å². The lowest BCUT2D eigenvalue weighted by Gasteiger charge is -2.08. The number of aryl methyl sites for hydroxylation is 2. The summed E-state index contributed by atoms with van der Waals surface area (Å²) in [6, 6.07) is 7.64.